The van der Waals surface area contributed by atoms with E-state index >= 15 is 0 Å². The molecule has 0 fully saturated rings. The third-order valence-electron chi connectivity index (χ3n) is 5.53. The van der Waals surface area contributed by atoms with Crippen LogP contribution in [0.5, 0.6) is 5.75 Å². The van der Waals surface area contributed by atoms with Crippen LogP contribution in [-0.4, -0.2) is 54.4 Å². The normalized spacial score (nSPS) is 17.2. The van der Waals surface area contributed by atoms with Gasteiger partial charge >= 0.3 is 5.97 Å². The van der Waals surface area contributed by atoms with Gasteiger partial charge in [0.05, 0.1) is 29.8 Å². The lowest BCUT2D eigenvalue weighted by molar-refractivity contribution is -0.143. The first kappa shape index (κ1) is 21.5. The van der Waals surface area contributed by atoms with Crippen molar-refractivity contribution in [2.75, 3.05) is 24.6 Å². The Labute approximate surface area is 185 Å². The fourth-order valence-electron chi connectivity index (χ4n) is 3.86. The van der Waals surface area contributed by atoms with Gasteiger partial charge in [-0.15, -0.1) is 0 Å². The van der Waals surface area contributed by atoms with Crippen LogP contribution in [0, 0.1) is 0 Å². The number of hydrogen-bond acceptors (Lipinski definition) is 6. The lowest BCUT2D eigenvalue weighted by Gasteiger charge is -2.32. The second-order valence-corrected chi connectivity index (χ2v) is 7.70. The van der Waals surface area contributed by atoms with Crippen molar-refractivity contribution < 1.29 is 28.7 Å². The van der Waals surface area contributed by atoms with E-state index in [4.69, 9.17) is 9.47 Å². The number of para-hydroxylation sites is 2. The summed E-state index contributed by atoms with van der Waals surface area (Å²) in [6, 6.07) is 14.0. The summed E-state index contributed by atoms with van der Waals surface area (Å²) in [6.07, 6.45) is 0.509. The third kappa shape index (κ3) is 4.21. The lowest BCUT2D eigenvalue weighted by atomic mass is 10.1. The van der Waals surface area contributed by atoms with E-state index in [1.807, 2.05) is 12.1 Å². The molecule has 0 saturated heterocycles. The van der Waals surface area contributed by atoms with Crippen molar-refractivity contribution >= 4 is 29.4 Å². The molecule has 0 saturated carbocycles. The Morgan fingerprint density at radius 1 is 0.906 bits per heavy atom. The number of rotatable bonds is 8. The Morgan fingerprint density at radius 3 is 2.28 bits per heavy atom. The Hall–Kier alpha value is -3.68. The zero-order chi connectivity index (χ0) is 22.7. The van der Waals surface area contributed by atoms with Gasteiger partial charge < -0.3 is 14.4 Å². The Kier molecular flexibility index (Phi) is 6.20. The molecule has 2 aromatic carbocycles. The number of fused-ring (bicyclic) bond motifs is 2. The zero-order valence-electron chi connectivity index (χ0n) is 17.8. The minimum atomic E-state index is -0.608. The Balaban J connectivity index is 1.19. The molecule has 2 aromatic rings. The topological polar surface area (TPSA) is 93.2 Å². The second kappa shape index (κ2) is 9.21. The van der Waals surface area contributed by atoms with Gasteiger partial charge in [0.2, 0.25) is 0 Å². The second-order valence-electron chi connectivity index (χ2n) is 7.70. The molecule has 2 heterocycles. The van der Waals surface area contributed by atoms with E-state index in [-0.39, 0.29) is 43.8 Å². The van der Waals surface area contributed by atoms with Gasteiger partial charge in [-0.25, -0.2) is 0 Å². The first-order chi connectivity index (χ1) is 15.5. The summed E-state index contributed by atoms with van der Waals surface area (Å²) in [6.45, 7) is 2.35. The molecular weight excluding hydrogens is 412 g/mol. The van der Waals surface area contributed by atoms with Gasteiger partial charge in [-0.05, 0) is 44.0 Å². The van der Waals surface area contributed by atoms with Gasteiger partial charge in [0.1, 0.15) is 5.75 Å². The van der Waals surface area contributed by atoms with E-state index in [1.54, 1.807) is 48.2 Å². The fraction of sp³-hybridized carbons (Fsp3) is 0.333. The van der Waals surface area contributed by atoms with Crippen LogP contribution in [0.15, 0.2) is 48.5 Å². The number of ether oxygens (including phenoxy) is 2. The summed E-state index contributed by atoms with van der Waals surface area (Å²) in [4.78, 5) is 52.0. The molecule has 0 aliphatic carbocycles. The number of amides is 3. The highest BCUT2D eigenvalue weighted by atomic mass is 16.5. The molecule has 1 atom stereocenters. The van der Waals surface area contributed by atoms with Gasteiger partial charge in [-0.3, -0.25) is 24.1 Å². The number of unbranched alkanes of at least 4 members (excludes halogenated alkanes) is 1. The first-order valence-corrected chi connectivity index (χ1v) is 10.7. The Morgan fingerprint density at radius 2 is 1.56 bits per heavy atom. The van der Waals surface area contributed by atoms with Gasteiger partial charge in [-0.1, -0.05) is 24.3 Å². The van der Waals surface area contributed by atoms with Crippen molar-refractivity contribution in [3.63, 3.8) is 0 Å². The highest BCUT2D eigenvalue weighted by Gasteiger charge is 2.34. The number of carbonyl (C=O) groups is 4. The van der Waals surface area contributed by atoms with Crippen LogP contribution >= 0.6 is 0 Å². The summed E-state index contributed by atoms with van der Waals surface area (Å²) in [5, 5.41) is 0. The molecule has 8 nitrogen and oxygen atoms in total. The number of hydrogen-bond donors (Lipinski definition) is 0. The quantitative estimate of drug-likeness (QED) is 0.359. The van der Waals surface area contributed by atoms with Crippen molar-refractivity contribution in [3.8, 4) is 5.75 Å². The number of imide groups is 1. The average Bonchev–Trinajstić information content (AvgIpc) is 3.04. The van der Waals surface area contributed by atoms with Crippen LogP contribution < -0.4 is 9.64 Å². The van der Waals surface area contributed by atoms with Crippen molar-refractivity contribution in [2.45, 2.75) is 32.3 Å². The molecule has 3 amide bonds. The van der Waals surface area contributed by atoms with E-state index in [2.05, 4.69) is 0 Å². The van der Waals surface area contributed by atoms with Crippen LogP contribution in [0.4, 0.5) is 5.69 Å². The maximum Gasteiger partial charge on any atom is 0.307 e. The highest BCUT2D eigenvalue weighted by Crippen LogP contribution is 2.33. The minimum Gasteiger partial charge on any atom is -0.479 e. The van der Waals surface area contributed by atoms with Crippen LogP contribution in [0.3, 0.4) is 0 Å². The van der Waals surface area contributed by atoms with Crippen LogP contribution in [0.25, 0.3) is 0 Å². The molecule has 0 N–H and O–H groups in total. The van der Waals surface area contributed by atoms with Crippen LogP contribution in [0.2, 0.25) is 0 Å². The molecule has 8 heteroatoms. The van der Waals surface area contributed by atoms with E-state index in [1.165, 1.54) is 4.90 Å². The number of carbonyl (C=O) groups excluding carboxylic acids is 4. The molecule has 0 radical (unpaired) electrons. The van der Waals surface area contributed by atoms with Crippen molar-refractivity contribution in [2.24, 2.45) is 0 Å². The van der Waals surface area contributed by atoms with E-state index in [9.17, 15) is 19.2 Å². The molecule has 166 valence electrons. The molecule has 2 aliphatic rings. The monoisotopic (exact) mass is 436 g/mol. The zero-order valence-corrected chi connectivity index (χ0v) is 17.8. The molecule has 0 unspecified atom stereocenters. The van der Waals surface area contributed by atoms with Crippen molar-refractivity contribution in [1.29, 1.82) is 0 Å². The number of esters is 1. The largest absolute Gasteiger partial charge is 0.479 e. The molecular formula is C24H24N2O6. The molecule has 0 aromatic heterocycles. The van der Waals surface area contributed by atoms with Crippen molar-refractivity contribution in [1.82, 2.24) is 4.90 Å². The first-order valence-electron chi connectivity index (χ1n) is 10.7. The van der Waals surface area contributed by atoms with E-state index in [0.717, 1.165) is 0 Å². The molecule has 0 spiro atoms. The molecule has 2 aliphatic heterocycles. The third-order valence-corrected chi connectivity index (χ3v) is 5.53. The maximum absolute atomic E-state index is 12.4. The van der Waals surface area contributed by atoms with Gasteiger partial charge in [-0.2, -0.15) is 0 Å². The van der Waals surface area contributed by atoms with Crippen LogP contribution in [0.1, 0.15) is 46.9 Å². The fourth-order valence-corrected chi connectivity index (χ4v) is 3.86. The van der Waals surface area contributed by atoms with Crippen molar-refractivity contribution in [3.05, 3.63) is 59.7 Å². The number of benzene rings is 2. The van der Waals surface area contributed by atoms with E-state index < -0.39 is 12.1 Å². The summed E-state index contributed by atoms with van der Waals surface area (Å²) in [5.41, 5.74) is 1.50. The Bertz CT molecular complexity index is 1030. The molecule has 0 bridgehead atoms. The number of anilines is 1. The lowest BCUT2D eigenvalue weighted by Crippen LogP contribution is -2.45. The predicted molar refractivity (Wildman–Crippen MR) is 116 cm³/mol. The summed E-state index contributed by atoms with van der Waals surface area (Å²) >= 11 is 0. The summed E-state index contributed by atoms with van der Waals surface area (Å²) in [5.74, 6) is -0.562. The average molecular weight is 436 g/mol. The predicted octanol–water partition coefficient (Wildman–Crippen LogP) is 2.81. The highest BCUT2D eigenvalue weighted by molar-refractivity contribution is 6.21. The van der Waals surface area contributed by atoms with Gasteiger partial charge in [0, 0.05) is 13.1 Å². The summed E-state index contributed by atoms with van der Waals surface area (Å²) in [7, 11) is 0. The van der Waals surface area contributed by atoms with Gasteiger partial charge in [0.15, 0.2) is 6.10 Å². The smallest absolute Gasteiger partial charge is 0.307 e. The maximum atomic E-state index is 12.4. The molecule has 4 rings (SSSR count). The van der Waals surface area contributed by atoms with Gasteiger partial charge in [0.25, 0.3) is 17.7 Å². The summed E-state index contributed by atoms with van der Waals surface area (Å²) < 4.78 is 10.9. The van der Waals surface area contributed by atoms with Crippen LogP contribution in [-0.2, 0) is 14.3 Å². The minimum absolute atomic E-state index is 0.0607. The standard InChI is InChI=1S/C24H24N2O6/c1-16-22(28)25(19-10-4-5-11-20(19)32-16)14-12-21(27)31-15-7-6-13-26-23(29)17-8-2-3-9-18(17)24(26)30/h2-5,8-11,16H,6-7,12-15H2,1H3/t16-/m1/s1. The SMILES string of the molecule is C[C@H]1Oc2ccccc2N(CCC(=O)OCCCCN2C(=O)c3ccccc3C2=O)C1=O. The number of nitrogens with zero attached hydrogens (tertiary/aromatic N) is 2. The molecule has 32 heavy (non-hydrogen) atoms. The van der Waals surface area contributed by atoms with E-state index in [0.29, 0.717) is 35.4 Å².